The van der Waals surface area contributed by atoms with Crippen LogP contribution in [0.2, 0.25) is 0 Å². The van der Waals surface area contributed by atoms with Crippen LogP contribution in [-0.4, -0.2) is 29.4 Å². The molecule has 0 aliphatic rings. The predicted octanol–water partition coefficient (Wildman–Crippen LogP) is 0.229. The first-order chi connectivity index (χ1) is 5.99. The number of carboxylic acids is 1. The largest absolute Gasteiger partial charge is 0.481 e. The fraction of sp³-hybridized carbons (Fsp3) is 0.625. The smallest absolute Gasteiger partial charge is 0.374 e. The van der Waals surface area contributed by atoms with E-state index in [4.69, 9.17) is 5.11 Å². The maximum absolute atomic E-state index is 10.9. The summed E-state index contributed by atoms with van der Waals surface area (Å²) < 4.78 is 4.40. The third-order valence-electron chi connectivity index (χ3n) is 1.42. The van der Waals surface area contributed by atoms with Crippen LogP contribution in [0.5, 0.6) is 0 Å². The van der Waals surface area contributed by atoms with Gasteiger partial charge in [-0.05, 0) is 6.92 Å². The molecule has 0 rings (SSSR count). The molecule has 0 amide bonds. The number of rotatable bonds is 5. The third kappa shape index (κ3) is 4.25. The molecule has 1 atom stereocenters. The Morgan fingerprint density at radius 1 is 1.38 bits per heavy atom. The predicted molar refractivity (Wildman–Crippen MR) is 43.1 cm³/mol. The van der Waals surface area contributed by atoms with Crippen molar-refractivity contribution in [3.8, 4) is 0 Å². The molecule has 0 aromatic carbocycles. The van der Waals surface area contributed by atoms with E-state index in [1.54, 1.807) is 6.92 Å². The van der Waals surface area contributed by atoms with Crippen LogP contribution in [0.3, 0.4) is 0 Å². The maximum Gasteiger partial charge on any atom is 0.374 e. The minimum atomic E-state index is -1.10. The zero-order valence-corrected chi connectivity index (χ0v) is 7.57. The quantitative estimate of drug-likeness (QED) is 0.493. The van der Waals surface area contributed by atoms with Gasteiger partial charge in [-0.25, -0.2) is 4.79 Å². The molecule has 74 valence electrons. The van der Waals surface area contributed by atoms with Crippen LogP contribution in [0.1, 0.15) is 20.3 Å². The number of hydrogen-bond acceptors (Lipinski definition) is 4. The molecular weight excluding hydrogens is 176 g/mol. The van der Waals surface area contributed by atoms with Gasteiger partial charge in [0.2, 0.25) is 5.78 Å². The first-order valence-corrected chi connectivity index (χ1v) is 3.91. The Labute approximate surface area is 75.7 Å². The normalized spacial score (nSPS) is 11.8. The van der Waals surface area contributed by atoms with Gasteiger partial charge in [-0.15, -0.1) is 0 Å². The molecule has 0 heterocycles. The Balaban J connectivity index is 4.00. The summed E-state index contributed by atoms with van der Waals surface area (Å²) in [5, 5.41) is 8.44. The van der Waals surface area contributed by atoms with E-state index in [0.717, 1.165) is 0 Å². The summed E-state index contributed by atoms with van der Waals surface area (Å²) in [4.78, 5) is 32.0. The molecule has 5 heteroatoms. The Morgan fingerprint density at radius 2 is 1.92 bits per heavy atom. The second kappa shape index (κ2) is 5.29. The highest BCUT2D eigenvalue weighted by atomic mass is 16.5. The summed E-state index contributed by atoms with van der Waals surface area (Å²) in [6.45, 7) is 3.05. The van der Waals surface area contributed by atoms with Gasteiger partial charge in [0, 0.05) is 6.42 Å². The molecule has 1 N–H and O–H groups in total. The molecule has 0 aromatic rings. The minimum Gasteiger partial charge on any atom is -0.481 e. The van der Waals surface area contributed by atoms with Gasteiger partial charge in [-0.3, -0.25) is 9.59 Å². The molecular formula is C8H12O5. The zero-order chi connectivity index (χ0) is 10.4. The van der Waals surface area contributed by atoms with Crippen molar-refractivity contribution in [1.82, 2.24) is 0 Å². The van der Waals surface area contributed by atoms with E-state index in [0.29, 0.717) is 0 Å². The van der Waals surface area contributed by atoms with Gasteiger partial charge in [-0.2, -0.15) is 0 Å². The Bertz CT molecular complexity index is 221. The minimum absolute atomic E-state index is 0.117. The molecule has 0 spiro atoms. The van der Waals surface area contributed by atoms with Crippen LogP contribution in [0.15, 0.2) is 0 Å². The standard InChI is InChI=1S/C8H12O5/c1-3-13-8(12)6(9)4-5(2)7(10)11/h5H,3-4H2,1-2H3,(H,10,11). The van der Waals surface area contributed by atoms with Gasteiger partial charge < -0.3 is 9.84 Å². The first-order valence-electron chi connectivity index (χ1n) is 3.91. The van der Waals surface area contributed by atoms with Crippen LogP contribution in [0.25, 0.3) is 0 Å². The van der Waals surface area contributed by atoms with Gasteiger partial charge in [0.1, 0.15) is 0 Å². The Morgan fingerprint density at radius 3 is 2.31 bits per heavy atom. The second-order valence-electron chi connectivity index (χ2n) is 2.59. The molecule has 1 unspecified atom stereocenters. The van der Waals surface area contributed by atoms with Crippen molar-refractivity contribution >= 4 is 17.7 Å². The number of ether oxygens (including phenoxy) is 1. The van der Waals surface area contributed by atoms with E-state index >= 15 is 0 Å². The molecule has 0 aliphatic heterocycles. The van der Waals surface area contributed by atoms with E-state index in [1.807, 2.05) is 0 Å². The number of hydrogen-bond donors (Lipinski definition) is 1. The number of carbonyl (C=O) groups excluding carboxylic acids is 2. The number of ketones is 1. The van der Waals surface area contributed by atoms with E-state index < -0.39 is 23.6 Å². The highest BCUT2D eigenvalue weighted by Gasteiger charge is 2.21. The van der Waals surface area contributed by atoms with Crippen molar-refractivity contribution in [2.24, 2.45) is 5.92 Å². The maximum atomic E-state index is 10.9. The van der Waals surface area contributed by atoms with Crippen molar-refractivity contribution in [2.75, 3.05) is 6.61 Å². The lowest BCUT2D eigenvalue weighted by Crippen LogP contribution is -2.22. The van der Waals surface area contributed by atoms with Crippen molar-refractivity contribution in [2.45, 2.75) is 20.3 Å². The van der Waals surface area contributed by atoms with Gasteiger partial charge in [0.15, 0.2) is 0 Å². The lowest BCUT2D eigenvalue weighted by molar-refractivity contribution is -0.155. The first kappa shape index (κ1) is 11.6. The number of Topliss-reactive ketones (excluding diaryl/α,β-unsaturated/α-hetero) is 1. The Hall–Kier alpha value is -1.39. The average molecular weight is 188 g/mol. The number of carbonyl (C=O) groups is 3. The lowest BCUT2D eigenvalue weighted by atomic mass is 10.1. The van der Waals surface area contributed by atoms with Gasteiger partial charge in [0.25, 0.3) is 0 Å². The summed E-state index contributed by atoms with van der Waals surface area (Å²) in [6, 6.07) is 0. The van der Waals surface area contributed by atoms with Crippen LogP contribution < -0.4 is 0 Å². The number of carboxylic acid groups (broad SMARTS) is 1. The third-order valence-corrected chi connectivity index (χ3v) is 1.42. The fourth-order valence-corrected chi connectivity index (χ4v) is 0.660. The van der Waals surface area contributed by atoms with E-state index in [9.17, 15) is 14.4 Å². The van der Waals surface area contributed by atoms with Crippen molar-refractivity contribution < 1.29 is 24.2 Å². The summed E-state index contributed by atoms with van der Waals surface area (Å²) in [5.74, 6) is -3.71. The highest BCUT2D eigenvalue weighted by molar-refractivity contribution is 6.33. The second-order valence-corrected chi connectivity index (χ2v) is 2.59. The SMILES string of the molecule is CCOC(=O)C(=O)CC(C)C(=O)O. The van der Waals surface area contributed by atoms with Crippen LogP contribution in [0, 0.1) is 5.92 Å². The van der Waals surface area contributed by atoms with Crippen LogP contribution >= 0.6 is 0 Å². The topological polar surface area (TPSA) is 80.7 Å². The molecule has 5 nitrogen and oxygen atoms in total. The van der Waals surface area contributed by atoms with E-state index in [-0.39, 0.29) is 13.0 Å². The van der Waals surface area contributed by atoms with Crippen molar-refractivity contribution in [3.05, 3.63) is 0 Å². The molecule has 0 radical (unpaired) electrons. The Kier molecular flexibility index (Phi) is 4.72. The van der Waals surface area contributed by atoms with E-state index in [2.05, 4.69) is 4.74 Å². The fourth-order valence-electron chi connectivity index (χ4n) is 0.660. The van der Waals surface area contributed by atoms with Crippen LogP contribution in [-0.2, 0) is 19.1 Å². The molecule has 0 saturated heterocycles. The molecule has 13 heavy (non-hydrogen) atoms. The average Bonchev–Trinajstić information content (AvgIpc) is 2.04. The number of esters is 1. The van der Waals surface area contributed by atoms with Gasteiger partial charge in [-0.1, -0.05) is 6.92 Å². The summed E-state index contributed by atoms with van der Waals surface area (Å²) in [7, 11) is 0. The molecule has 0 saturated carbocycles. The number of aliphatic carboxylic acids is 1. The molecule has 0 fully saturated rings. The van der Waals surface area contributed by atoms with Crippen molar-refractivity contribution in [1.29, 1.82) is 0 Å². The van der Waals surface area contributed by atoms with Crippen LogP contribution in [0.4, 0.5) is 0 Å². The highest BCUT2D eigenvalue weighted by Crippen LogP contribution is 2.03. The monoisotopic (exact) mass is 188 g/mol. The van der Waals surface area contributed by atoms with E-state index in [1.165, 1.54) is 6.92 Å². The molecule has 0 aromatic heterocycles. The zero-order valence-electron chi connectivity index (χ0n) is 7.57. The summed E-state index contributed by atoms with van der Waals surface area (Å²) in [6.07, 6.45) is -0.311. The summed E-state index contributed by atoms with van der Waals surface area (Å²) in [5.41, 5.74) is 0. The summed E-state index contributed by atoms with van der Waals surface area (Å²) >= 11 is 0. The lowest BCUT2D eigenvalue weighted by Gasteiger charge is -2.03. The molecule has 0 bridgehead atoms. The van der Waals surface area contributed by atoms with Gasteiger partial charge >= 0.3 is 11.9 Å². The van der Waals surface area contributed by atoms with Gasteiger partial charge in [0.05, 0.1) is 12.5 Å². The molecule has 0 aliphatic carbocycles. The van der Waals surface area contributed by atoms with Crippen molar-refractivity contribution in [3.63, 3.8) is 0 Å².